The van der Waals surface area contributed by atoms with E-state index in [9.17, 15) is 23.6 Å². The highest BCUT2D eigenvalue weighted by Gasteiger charge is 2.22. The lowest BCUT2D eigenvalue weighted by Gasteiger charge is -2.17. The number of amides is 3. The molecule has 0 saturated heterocycles. The predicted octanol–water partition coefficient (Wildman–Crippen LogP) is 3.07. The molecule has 2 aromatic carbocycles. The Morgan fingerprint density at radius 1 is 1.09 bits per heavy atom. The van der Waals surface area contributed by atoms with Crippen molar-refractivity contribution in [1.82, 2.24) is 35.3 Å². The molecular weight excluding hydrogens is 613 g/mol. The molecule has 0 radical (unpaired) electrons. The average molecular weight is 640 g/mol. The Hall–Kier alpha value is -5.64. The van der Waals surface area contributed by atoms with Crippen LogP contribution in [0, 0.1) is 5.82 Å². The smallest absolute Gasteiger partial charge is 0.411 e. The van der Waals surface area contributed by atoms with E-state index >= 15 is 0 Å². The van der Waals surface area contributed by atoms with Gasteiger partial charge in [-0.3, -0.25) is 24.4 Å². The molecule has 1 atom stereocenters. The fourth-order valence-corrected chi connectivity index (χ4v) is 4.09. The second-order valence-electron chi connectivity index (χ2n) is 9.28. The van der Waals surface area contributed by atoms with Gasteiger partial charge in [0.05, 0.1) is 22.8 Å². The van der Waals surface area contributed by atoms with Crippen LogP contribution in [0.5, 0.6) is 0 Å². The van der Waals surface area contributed by atoms with Crippen molar-refractivity contribution < 1.29 is 33.4 Å². The molecule has 3 amide bonds. The quantitative estimate of drug-likeness (QED) is 0.158. The van der Waals surface area contributed by atoms with Gasteiger partial charge >= 0.3 is 12.1 Å². The van der Waals surface area contributed by atoms with Gasteiger partial charge in [0.15, 0.2) is 5.82 Å². The SMILES string of the molecule is CCn1ccc(C[C@H](NC(=O)/C=C/c2c(-n3cnnn3)ccc(Cl)c2F)C(=O)Nc2ccc(NC(=O)OCCC(=O)O)cc2)n1. The number of benzene rings is 2. The Morgan fingerprint density at radius 3 is 2.47 bits per heavy atom. The molecule has 0 saturated carbocycles. The number of ether oxygens (including phenoxy) is 1. The zero-order valence-corrected chi connectivity index (χ0v) is 24.4. The standard InChI is InChI=1S/C28H27ClFN9O6/c1-2-38-13-11-19(35-38)15-22(27(43)32-17-3-5-18(6-4-17)33-28(44)45-14-12-25(41)42)34-24(40)10-7-20-23(39-16-31-36-37-39)9-8-21(29)26(20)30/h3-11,13,16,22H,2,12,14-15H2,1H3,(H,32,43)(H,33,44)(H,34,40)(H,41,42)/b10-7+/t22-/m0/s1. The van der Waals surface area contributed by atoms with Crippen LogP contribution in [-0.2, 0) is 32.1 Å². The lowest BCUT2D eigenvalue weighted by Crippen LogP contribution is -2.44. The number of aromatic nitrogens is 6. The number of tetrazole rings is 1. The third-order valence-electron chi connectivity index (χ3n) is 6.12. The minimum atomic E-state index is -1.10. The Bertz CT molecular complexity index is 1690. The first-order valence-electron chi connectivity index (χ1n) is 13.4. The van der Waals surface area contributed by atoms with E-state index in [-0.39, 0.29) is 35.7 Å². The molecule has 2 aromatic heterocycles. The molecule has 17 heteroatoms. The number of nitrogens with one attached hydrogen (secondary N) is 3. The number of hydrogen-bond acceptors (Lipinski definition) is 9. The summed E-state index contributed by atoms with van der Waals surface area (Å²) < 4.78 is 22.6. The molecule has 0 aliphatic carbocycles. The zero-order valence-electron chi connectivity index (χ0n) is 23.7. The first-order chi connectivity index (χ1) is 21.6. The van der Waals surface area contributed by atoms with E-state index < -0.39 is 35.7 Å². The van der Waals surface area contributed by atoms with Gasteiger partial charge in [0.25, 0.3) is 0 Å². The Morgan fingerprint density at radius 2 is 1.82 bits per heavy atom. The van der Waals surface area contributed by atoms with Gasteiger partial charge in [-0.1, -0.05) is 11.6 Å². The number of aliphatic carboxylic acids is 1. The lowest BCUT2D eigenvalue weighted by atomic mass is 10.1. The van der Waals surface area contributed by atoms with Crippen LogP contribution in [0.25, 0.3) is 11.8 Å². The first-order valence-corrected chi connectivity index (χ1v) is 13.8. The molecule has 0 unspecified atom stereocenters. The van der Waals surface area contributed by atoms with Crippen molar-refractivity contribution in [3.8, 4) is 5.69 Å². The third-order valence-corrected chi connectivity index (χ3v) is 6.41. The highest BCUT2D eigenvalue weighted by Crippen LogP contribution is 2.25. The second-order valence-corrected chi connectivity index (χ2v) is 9.69. The third kappa shape index (κ3) is 9.17. The van der Waals surface area contributed by atoms with Crippen molar-refractivity contribution in [3.63, 3.8) is 0 Å². The molecule has 0 aliphatic heterocycles. The maximum atomic E-state index is 14.9. The van der Waals surface area contributed by atoms with E-state index in [0.717, 1.165) is 6.08 Å². The van der Waals surface area contributed by atoms with Crippen molar-refractivity contribution in [2.45, 2.75) is 32.4 Å². The van der Waals surface area contributed by atoms with Crippen LogP contribution in [-0.4, -0.2) is 71.6 Å². The second kappa shape index (κ2) is 15.2. The van der Waals surface area contributed by atoms with E-state index in [0.29, 0.717) is 23.6 Å². The van der Waals surface area contributed by atoms with Crippen molar-refractivity contribution in [2.24, 2.45) is 0 Å². The summed E-state index contributed by atoms with van der Waals surface area (Å²) in [5.41, 5.74) is 1.42. The van der Waals surface area contributed by atoms with Crippen molar-refractivity contribution in [3.05, 3.63) is 83.2 Å². The molecule has 2 heterocycles. The summed E-state index contributed by atoms with van der Waals surface area (Å²) >= 11 is 5.96. The van der Waals surface area contributed by atoms with E-state index in [1.54, 1.807) is 16.9 Å². The predicted molar refractivity (Wildman–Crippen MR) is 159 cm³/mol. The molecule has 4 N–H and O–H groups in total. The van der Waals surface area contributed by atoms with Gasteiger partial charge in [0.2, 0.25) is 11.8 Å². The summed E-state index contributed by atoms with van der Waals surface area (Å²) in [6.07, 6.45) is 4.14. The minimum Gasteiger partial charge on any atom is -0.481 e. The van der Waals surface area contributed by atoms with Crippen molar-refractivity contribution in [2.75, 3.05) is 17.2 Å². The molecule has 0 spiro atoms. The number of halogens is 2. The molecular formula is C28H27ClFN9O6. The summed E-state index contributed by atoms with van der Waals surface area (Å²) in [5.74, 6) is -3.16. The number of nitrogens with zero attached hydrogens (tertiary/aromatic N) is 6. The van der Waals surface area contributed by atoms with Gasteiger partial charge in [-0.2, -0.15) is 9.78 Å². The molecule has 234 valence electrons. The van der Waals surface area contributed by atoms with Crippen molar-refractivity contribution in [1.29, 1.82) is 0 Å². The van der Waals surface area contributed by atoms with Crippen LogP contribution in [0.1, 0.15) is 24.6 Å². The Balaban J connectivity index is 1.46. The fraction of sp³-hybridized carbons (Fsp3) is 0.214. The largest absolute Gasteiger partial charge is 0.481 e. The monoisotopic (exact) mass is 639 g/mol. The van der Waals surface area contributed by atoms with Crippen LogP contribution in [0.4, 0.5) is 20.6 Å². The minimum absolute atomic E-state index is 0.0433. The summed E-state index contributed by atoms with van der Waals surface area (Å²) in [7, 11) is 0. The summed E-state index contributed by atoms with van der Waals surface area (Å²) in [4.78, 5) is 48.7. The number of aryl methyl sites for hydroxylation is 1. The number of hydrogen-bond donors (Lipinski definition) is 4. The molecule has 0 bridgehead atoms. The van der Waals surface area contributed by atoms with Crippen molar-refractivity contribution >= 4 is 52.9 Å². The van der Waals surface area contributed by atoms with Crippen LogP contribution in [0.3, 0.4) is 0 Å². The number of carbonyl (C=O) groups excluding carboxylic acids is 3. The van der Waals surface area contributed by atoms with E-state index in [1.165, 1.54) is 53.5 Å². The summed E-state index contributed by atoms with van der Waals surface area (Å²) in [6, 6.07) is 9.47. The van der Waals surface area contributed by atoms with Gasteiger partial charge < -0.3 is 20.5 Å². The number of anilines is 2. The average Bonchev–Trinajstić information content (AvgIpc) is 3.71. The normalized spacial score (nSPS) is 11.6. The van der Waals surface area contributed by atoms with Gasteiger partial charge in [-0.05, 0) is 65.9 Å². The number of carboxylic acids is 1. The number of carboxylic acid groups (broad SMARTS) is 1. The van der Waals surface area contributed by atoms with E-state index in [2.05, 4.69) is 36.6 Å². The van der Waals surface area contributed by atoms with Gasteiger partial charge in [-0.25, -0.2) is 9.18 Å². The van der Waals surface area contributed by atoms with Gasteiger partial charge in [0.1, 0.15) is 19.0 Å². The number of rotatable bonds is 13. The Labute approximate surface area is 260 Å². The summed E-state index contributed by atoms with van der Waals surface area (Å²) in [6.45, 7) is 2.22. The van der Waals surface area contributed by atoms with Crippen LogP contribution in [0.15, 0.2) is 61.1 Å². The number of carbonyl (C=O) groups is 4. The maximum absolute atomic E-state index is 14.9. The van der Waals surface area contributed by atoms with E-state index in [1.807, 2.05) is 6.92 Å². The highest BCUT2D eigenvalue weighted by atomic mass is 35.5. The maximum Gasteiger partial charge on any atom is 0.411 e. The highest BCUT2D eigenvalue weighted by molar-refractivity contribution is 6.31. The van der Waals surface area contributed by atoms with Crippen LogP contribution < -0.4 is 16.0 Å². The van der Waals surface area contributed by atoms with Gasteiger partial charge in [0, 0.05) is 42.2 Å². The zero-order chi connectivity index (χ0) is 32.3. The molecule has 0 fully saturated rings. The Kier molecular flexibility index (Phi) is 10.9. The van der Waals surface area contributed by atoms with Crippen LogP contribution >= 0.6 is 11.6 Å². The molecule has 4 aromatic rings. The topological polar surface area (TPSA) is 195 Å². The summed E-state index contributed by atoms with van der Waals surface area (Å²) in [5, 5.41) is 31.5. The fourth-order valence-electron chi connectivity index (χ4n) is 3.92. The lowest BCUT2D eigenvalue weighted by molar-refractivity contribution is -0.137. The van der Waals surface area contributed by atoms with E-state index in [4.69, 9.17) is 21.4 Å². The molecule has 0 aliphatic rings. The molecule has 15 nitrogen and oxygen atoms in total. The van der Waals surface area contributed by atoms with Gasteiger partial charge in [-0.15, -0.1) is 5.10 Å². The first kappa shape index (κ1) is 32.3. The van der Waals surface area contributed by atoms with Crippen LogP contribution in [0.2, 0.25) is 5.02 Å². The molecule has 45 heavy (non-hydrogen) atoms. The molecule has 4 rings (SSSR count).